The van der Waals surface area contributed by atoms with Crippen LogP contribution in [-0.2, 0) is 11.2 Å². The summed E-state index contributed by atoms with van der Waals surface area (Å²) in [5, 5.41) is 3.02. The smallest absolute Gasteiger partial charge is 0.232 e. The van der Waals surface area contributed by atoms with Crippen molar-refractivity contribution in [1.29, 1.82) is 0 Å². The number of hydrogen-bond acceptors (Lipinski definition) is 4. The van der Waals surface area contributed by atoms with Crippen molar-refractivity contribution in [3.05, 3.63) is 114 Å². The van der Waals surface area contributed by atoms with Crippen LogP contribution in [0.25, 0.3) is 11.4 Å². The van der Waals surface area contributed by atoms with Crippen LogP contribution in [0.3, 0.4) is 0 Å². The molecule has 0 aliphatic carbocycles. The van der Waals surface area contributed by atoms with Gasteiger partial charge in [0.05, 0.1) is 18.0 Å². The number of amides is 1. The summed E-state index contributed by atoms with van der Waals surface area (Å²) in [4.78, 5) is 21.8. The van der Waals surface area contributed by atoms with Crippen molar-refractivity contribution in [2.24, 2.45) is 0 Å². The van der Waals surface area contributed by atoms with Crippen molar-refractivity contribution in [3.8, 4) is 17.1 Å². The van der Waals surface area contributed by atoms with Crippen molar-refractivity contribution < 1.29 is 13.9 Å². The van der Waals surface area contributed by atoms with Crippen molar-refractivity contribution >= 4 is 5.91 Å². The fourth-order valence-corrected chi connectivity index (χ4v) is 4.20. The van der Waals surface area contributed by atoms with Gasteiger partial charge in [0, 0.05) is 24.4 Å². The number of nitrogens with zero attached hydrogens (tertiary/aromatic N) is 2. The quantitative estimate of drug-likeness (QED) is 0.479. The van der Waals surface area contributed by atoms with Crippen LogP contribution in [0.2, 0.25) is 0 Å². The highest BCUT2D eigenvalue weighted by Crippen LogP contribution is 2.39. The van der Waals surface area contributed by atoms with E-state index in [1.165, 1.54) is 6.07 Å². The Kier molecular flexibility index (Phi) is 5.81. The van der Waals surface area contributed by atoms with Gasteiger partial charge in [-0.1, -0.05) is 60.7 Å². The summed E-state index contributed by atoms with van der Waals surface area (Å²) in [5.41, 5.74) is 2.95. The Labute approximate surface area is 191 Å². The summed E-state index contributed by atoms with van der Waals surface area (Å²) >= 11 is 0. The first-order valence-corrected chi connectivity index (χ1v) is 10.8. The Morgan fingerprint density at radius 1 is 0.939 bits per heavy atom. The largest absolute Gasteiger partial charge is 0.487 e. The van der Waals surface area contributed by atoms with Crippen LogP contribution in [0, 0.1) is 5.82 Å². The predicted octanol–water partition coefficient (Wildman–Crippen LogP) is 4.53. The average molecular weight is 439 g/mol. The molecule has 3 aromatic carbocycles. The number of hydrogen-bond donors (Lipinski definition) is 1. The van der Waals surface area contributed by atoms with Crippen LogP contribution in [0.1, 0.15) is 22.6 Å². The van der Waals surface area contributed by atoms with Gasteiger partial charge in [-0.3, -0.25) is 4.79 Å². The summed E-state index contributed by atoms with van der Waals surface area (Å²) in [7, 11) is 0. The molecular weight excluding hydrogens is 417 g/mol. The Hall–Kier alpha value is -4.06. The maximum atomic E-state index is 14.5. The van der Waals surface area contributed by atoms with Crippen molar-refractivity contribution in [2.45, 2.75) is 18.4 Å². The zero-order valence-corrected chi connectivity index (χ0v) is 17.8. The SMILES string of the molecule is O=C(NC[C@@H]1Cc2c(F)ccc(-c3ncccn3)c2O1)C(c1ccccc1)c1ccccc1. The molecule has 0 radical (unpaired) electrons. The van der Waals surface area contributed by atoms with Crippen molar-refractivity contribution in [3.63, 3.8) is 0 Å². The number of ether oxygens (including phenoxy) is 1. The third kappa shape index (κ3) is 4.32. The highest BCUT2D eigenvalue weighted by atomic mass is 19.1. The number of fused-ring (bicyclic) bond motifs is 1. The second kappa shape index (κ2) is 9.20. The lowest BCUT2D eigenvalue weighted by molar-refractivity contribution is -0.122. The van der Waals surface area contributed by atoms with Crippen molar-refractivity contribution in [1.82, 2.24) is 15.3 Å². The van der Waals surface area contributed by atoms with Gasteiger partial charge in [-0.05, 0) is 29.3 Å². The number of carbonyl (C=O) groups is 1. The van der Waals surface area contributed by atoms with Gasteiger partial charge in [0.15, 0.2) is 5.82 Å². The van der Waals surface area contributed by atoms with Crippen LogP contribution in [0.15, 0.2) is 91.3 Å². The third-order valence-corrected chi connectivity index (χ3v) is 5.76. The van der Waals surface area contributed by atoms with E-state index in [0.717, 1.165) is 11.1 Å². The van der Waals surface area contributed by atoms with Gasteiger partial charge in [-0.2, -0.15) is 0 Å². The zero-order chi connectivity index (χ0) is 22.6. The fraction of sp³-hybridized carbons (Fsp3) is 0.148. The highest BCUT2D eigenvalue weighted by molar-refractivity contribution is 5.87. The van der Waals surface area contributed by atoms with Gasteiger partial charge in [-0.25, -0.2) is 14.4 Å². The van der Waals surface area contributed by atoms with E-state index >= 15 is 0 Å². The molecule has 0 fully saturated rings. The van der Waals surface area contributed by atoms with E-state index in [9.17, 15) is 9.18 Å². The van der Waals surface area contributed by atoms with Gasteiger partial charge in [0.2, 0.25) is 5.91 Å². The monoisotopic (exact) mass is 439 g/mol. The minimum absolute atomic E-state index is 0.126. The Morgan fingerprint density at radius 2 is 1.58 bits per heavy atom. The normalized spacial score (nSPS) is 14.5. The van der Waals surface area contributed by atoms with Gasteiger partial charge < -0.3 is 10.1 Å². The zero-order valence-electron chi connectivity index (χ0n) is 17.8. The number of aromatic nitrogens is 2. The molecule has 0 unspecified atom stereocenters. The van der Waals surface area contributed by atoms with Crippen LogP contribution in [-0.4, -0.2) is 28.5 Å². The number of benzene rings is 3. The molecule has 2 heterocycles. The number of rotatable bonds is 6. The molecule has 33 heavy (non-hydrogen) atoms. The predicted molar refractivity (Wildman–Crippen MR) is 123 cm³/mol. The lowest BCUT2D eigenvalue weighted by Gasteiger charge is -2.19. The fourth-order valence-electron chi connectivity index (χ4n) is 4.20. The van der Waals surface area contributed by atoms with E-state index in [-0.39, 0.29) is 24.4 Å². The third-order valence-electron chi connectivity index (χ3n) is 5.76. The molecule has 1 aliphatic rings. The van der Waals surface area contributed by atoms with E-state index in [1.54, 1.807) is 24.5 Å². The van der Waals surface area contributed by atoms with E-state index < -0.39 is 5.92 Å². The van der Waals surface area contributed by atoms with Gasteiger partial charge >= 0.3 is 0 Å². The average Bonchev–Trinajstić information content (AvgIpc) is 3.30. The molecule has 164 valence electrons. The molecule has 1 atom stereocenters. The molecule has 1 amide bonds. The molecule has 0 saturated heterocycles. The standard InChI is InChI=1S/C27H22FN3O2/c28-23-13-12-21(26-29-14-7-15-30-26)25-22(23)16-20(33-25)17-31-27(32)24(18-8-3-1-4-9-18)19-10-5-2-6-11-19/h1-15,20,24H,16-17H2,(H,31,32)/t20-/m0/s1. The molecule has 1 aliphatic heterocycles. The highest BCUT2D eigenvalue weighted by Gasteiger charge is 2.31. The number of halogens is 1. The lowest BCUT2D eigenvalue weighted by atomic mass is 9.90. The van der Waals surface area contributed by atoms with Crippen LogP contribution < -0.4 is 10.1 Å². The first-order chi connectivity index (χ1) is 16.2. The van der Waals surface area contributed by atoms with Crippen LogP contribution in [0.4, 0.5) is 4.39 Å². The molecule has 1 N–H and O–H groups in total. The Balaban J connectivity index is 1.34. The Bertz CT molecular complexity index is 1210. The second-order valence-corrected chi connectivity index (χ2v) is 7.92. The minimum atomic E-state index is -0.443. The molecule has 4 aromatic rings. The van der Waals surface area contributed by atoms with Crippen LogP contribution >= 0.6 is 0 Å². The van der Waals surface area contributed by atoms with Gasteiger partial charge in [0.25, 0.3) is 0 Å². The molecule has 6 heteroatoms. The molecular formula is C27H22FN3O2. The maximum absolute atomic E-state index is 14.5. The lowest BCUT2D eigenvalue weighted by Crippen LogP contribution is -2.37. The molecule has 1 aromatic heterocycles. The van der Waals surface area contributed by atoms with E-state index in [1.807, 2.05) is 60.7 Å². The minimum Gasteiger partial charge on any atom is -0.487 e. The van der Waals surface area contributed by atoms with E-state index in [2.05, 4.69) is 15.3 Å². The second-order valence-electron chi connectivity index (χ2n) is 7.92. The molecule has 5 rings (SSSR count). The summed E-state index contributed by atoms with van der Waals surface area (Å²) in [6, 6.07) is 24.1. The summed E-state index contributed by atoms with van der Waals surface area (Å²) in [6.45, 7) is 0.262. The molecule has 0 bridgehead atoms. The van der Waals surface area contributed by atoms with Crippen LogP contribution in [0.5, 0.6) is 5.75 Å². The van der Waals surface area contributed by atoms with E-state index in [0.29, 0.717) is 29.1 Å². The first kappa shape index (κ1) is 20.8. The number of nitrogens with one attached hydrogen (secondary N) is 1. The maximum Gasteiger partial charge on any atom is 0.232 e. The number of carbonyl (C=O) groups excluding carboxylic acids is 1. The molecule has 0 saturated carbocycles. The summed E-state index contributed by atoms with van der Waals surface area (Å²) < 4.78 is 20.6. The van der Waals surface area contributed by atoms with Gasteiger partial charge in [0.1, 0.15) is 17.7 Å². The summed E-state index contributed by atoms with van der Waals surface area (Å²) in [5.74, 6) is 0.0277. The Morgan fingerprint density at radius 3 is 2.21 bits per heavy atom. The van der Waals surface area contributed by atoms with Gasteiger partial charge in [-0.15, -0.1) is 0 Å². The van der Waals surface area contributed by atoms with Crippen molar-refractivity contribution in [2.75, 3.05) is 6.54 Å². The molecule has 0 spiro atoms. The first-order valence-electron chi connectivity index (χ1n) is 10.8. The van der Waals surface area contributed by atoms with E-state index in [4.69, 9.17) is 4.74 Å². The molecule has 5 nitrogen and oxygen atoms in total. The topological polar surface area (TPSA) is 64.1 Å². The summed E-state index contributed by atoms with van der Waals surface area (Å²) in [6.07, 6.45) is 3.26.